The zero-order valence-electron chi connectivity index (χ0n) is 13.4. The van der Waals surface area contributed by atoms with Crippen molar-refractivity contribution in [2.45, 2.75) is 13.8 Å². The third kappa shape index (κ3) is 5.25. The first-order valence-electron chi connectivity index (χ1n) is 7.53. The van der Waals surface area contributed by atoms with Crippen molar-refractivity contribution in [2.24, 2.45) is 5.41 Å². The third-order valence-corrected chi connectivity index (χ3v) is 3.37. The van der Waals surface area contributed by atoms with E-state index in [1.807, 2.05) is 38.1 Å². The van der Waals surface area contributed by atoms with Crippen LogP contribution in [0.1, 0.15) is 34.6 Å². The first-order valence-corrected chi connectivity index (χ1v) is 7.53. The molecule has 0 heterocycles. The average Bonchev–Trinajstić information content (AvgIpc) is 2.59. The second-order valence-corrected chi connectivity index (χ2v) is 6.16. The first kappa shape index (κ1) is 16.7. The molecular formula is C19H21NO3. The Labute approximate surface area is 136 Å². The first-order chi connectivity index (χ1) is 11.0. The van der Waals surface area contributed by atoms with E-state index in [4.69, 9.17) is 4.74 Å². The Balaban J connectivity index is 1.82. The van der Waals surface area contributed by atoms with Gasteiger partial charge in [0.1, 0.15) is 0 Å². The van der Waals surface area contributed by atoms with Crippen LogP contribution in [0, 0.1) is 5.41 Å². The quantitative estimate of drug-likeness (QED) is 0.833. The van der Waals surface area contributed by atoms with E-state index < -0.39 is 0 Å². The fourth-order valence-electron chi connectivity index (χ4n) is 1.98. The number of amides is 1. The smallest absolute Gasteiger partial charge is 0.338 e. The maximum Gasteiger partial charge on any atom is 0.338 e. The van der Waals surface area contributed by atoms with Crippen LogP contribution in [0.15, 0.2) is 60.7 Å². The average molecular weight is 311 g/mol. The number of nitrogens with one attached hydrogen (secondary N) is 1. The summed E-state index contributed by atoms with van der Waals surface area (Å²) in [5, 5.41) is 2.87. The molecule has 0 aliphatic rings. The van der Waals surface area contributed by atoms with E-state index in [1.54, 1.807) is 36.4 Å². The highest BCUT2D eigenvalue weighted by Crippen LogP contribution is 2.15. The van der Waals surface area contributed by atoms with Crippen LogP contribution >= 0.6 is 0 Å². The van der Waals surface area contributed by atoms with Gasteiger partial charge in [-0.25, -0.2) is 4.79 Å². The Morgan fingerprint density at radius 1 is 0.913 bits per heavy atom. The van der Waals surface area contributed by atoms with Crippen molar-refractivity contribution in [1.82, 2.24) is 5.32 Å². The molecule has 2 rings (SSSR count). The fraction of sp³-hybridized carbons (Fsp3) is 0.263. The van der Waals surface area contributed by atoms with Crippen molar-refractivity contribution in [3.63, 3.8) is 0 Å². The van der Waals surface area contributed by atoms with Crippen LogP contribution in [-0.4, -0.2) is 25.0 Å². The summed E-state index contributed by atoms with van der Waals surface area (Å²) in [6.45, 7) is 4.53. The summed E-state index contributed by atoms with van der Waals surface area (Å²) in [4.78, 5) is 24.0. The Morgan fingerprint density at radius 3 is 2.00 bits per heavy atom. The predicted octanol–water partition coefficient (Wildman–Crippen LogP) is 3.30. The number of ether oxygens (including phenoxy) is 1. The van der Waals surface area contributed by atoms with E-state index in [-0.39, 0.29) is 23.9 Å². The molecule has 4 heteroatoms. The standard InChI is InChI=1S/C19H21NO3/c1-19(2,13-20-17(21)15-9-5-3-6-10-15)14-23-18(22)16-11-7-4-8-12-16/h3-12H,13-14H2,1-2H3,(H,20,21). The number of benzene rings is 2. The van der Waals surface area contributed by atoms with Crippen LogP contribution < -0.4 is 5.32 Å². The van der Waals surface area contributed by atoms with E-state index in [9.17, 15) is 9.59 Å². The fourth-order valence-corrected chi connectivity index (χ4v) is 1.98. The maximum atomic E-state index is 12.0. The Bertz CT molecular complexity index is 593. The maximum absolute atomic E-state index is 12.0. The van der Waals surface area contributed by atoms with Gasteiger partial charge < -0.3 is 10.1 Å². The van der Waals surface area contributed by atoms with Crippen molar-refractivity contribution in [3.8, 4) is 0 Å². The molecule has 0 radical (unpaired) electrons. The molecule has 1 amide bonds. The van der Waals surface area contributed by atoms with E-state index in [0.29, 0.717) is 17.7 Å². The molecule has 2 aromatic carbocycles. The molecule has 0 aliphatic heterocycles. The van der Waals surface area contributed by atoms with Crippen molar-refractivity contribution < 1.29 is 14.3 Å². The highest BCUT2D eigenvalue weighted by atomic mass is 16.5. The van der Waals surface area contributed by atoms with Crippen LogP contribution in [-0.2, 0) is 4.74 Å². The zero-order valence-corrected chi connectivity index (χ0v) is 13.4. The third-order valence-electron chi connectivity index (χ3n) is 3.37. The largest absolute Gasteiger partial charge is 0.461 e. The minimum atomic E-state index is -0.354. The molecular weight excluding hydrogens is 290 g/mol. The van der Waals surface area contributed by atoms with Crippen LogP contribution in [0.25, 0.3) is 0 Å². The molecule has 0 saturated heterocycles. The number of esters is 1. The molecule has 0 atom stereocenters. The molecule has 0 fully saturated rings. The summed E-state index contributed by atoms with van der Waals surface area (Å²) in [5.74, 6) is -0.485. The number of hydrogen-bond donors (Lipinski definition) is 1. The molecule has 0 unspecified atom stereocenters. The monoisotopic (exact) mass is 311 g/mol. The minimum absolute atomic E-state index is 0.131. The summed E-state index contributed by atoms with van der Waals surface area (Å²) < 4.78 is 5.34. The summed E-state index contributed by atoms with van der Waals surface area (Å²) in [5.41, 5.74) is 0.788. The van der Waals surface area contributed by atoms with Gasteiger partial charge >= 0.3 is 5.97 Å². The minimum Gasteiger partial charge on any atom is -0.461 e. The van der Waals surface area contributed by atoms with Gasteiger partial charge in [-0.15, -0.1) is 0 Å². The Morgan fingerprint density at radius 2 is 1.43 bits per heavy atom. The lowest BCUT2D eigenvalue weighted by molar-refractivity contribution is 0.0341. The highest BCUT2D eigenvalue weighted by Gasteiger charge is 2.22. The zero-order chi connectivity index (χ0) is 16.7. The highest BCUT2D eigenvalue weighted by molar-refractivity contribution is 5.94. The Hall–Kier alpha value is -2.62. The molecule has 0 spiro atoms. The van der Waals surface area contributed by atoms with Crippen molar-refractivity contribution in [1.29, 1.82) is 0 Å². The van der Waals surface area contributed by atoms with Gasteiger partial charge in [-0.05, 0) is 24.3 Å². The molecule has 2 aromatic rings. The van der Waals surface area contributed by atoms with Gasteiger partial charge in [0.2, 0.25) is 0 Å². The summed E-state index contributed by atoms with van der Waals surface area (Å²) in [7, 11) is 0. The van der Waals surface area contributed by atoms with Crippen LogP contribution in [0.4, 0.5) is 0 Å². The van der Waals surface area contributed by atoms with Gasteiger partial charge in [-0.3, -0.25) is 4.79 Å². The SMILES string of the molecule is CC(C)(CNC(=O)c1ccccc1)COC(=O)c1ccccc1. The summed E-state index contributed by atoms with van der Waals surface area (Å²) >= 11 is 0. The van der Waals surface area contributed by atoms with Crippen LogP contribution in [0.3, 0.4) is 0 Å². The lowest BCUT2D eigenvalue weighted by Crippen LogP contribution is -2.37. The van der Waals surface area contributed by atoms with Crippen LogP contribution in [0.2, 0.25) is 0 Å². The molecule has 0 aromatic heterocycles. The number of rotatable bonds is 6. The van der Waals surface area contributed by atoms with Crippen molar-refractivity contribution >= 4 is 11.9 Å². The summed E-state index contributed by atoms with van der Waals surface area (Å²) in [6.07, 6.45) is 0. The van der Waals surface area contributed by atoms with Gasteiger partial charge in [0, 0.05) is 17.5 Å². The molecule has 120 valence electrons. The van der Waals surface area contributed by atoms with Crippen molar-refractivity contribution in [2.75, 3.05) is 13.2 Å². The summed E-state index contributed by atoms with van der Waals surface area (Å²) in [6, 6.07) is 17.9. The predicted molar refractivity (Wildman–Crippen MR) is 89.3 cm³/mol. The number of carbonyl (C=O) groups excluding carboxylic acids is 2. The second kappa shape index (κ2) is 7.58. The molecule has 4 nitrogen and oxygen atoms in total. The number of hydrogen-bond acceptors (Lipinski definition) is 3. The molecule has 0 aliphatic carbocycles. The van der Waals surface area contributed by atoms with E-state index >= 15 is 0 Å². The molecule has 0 saturated carbocycles. The molecule has 0 bridgehead atoms. The Kier molecular flexibility index (Phi) is 5.52. The van der Waals surface area contributed by atoms with E-state index in [1.165, 1.54) is 0 Å². The lowest BCUT2D eigenvalue weighted by atomic mass is 9.94. The second-order valence-electron chi connectivity index (χ2n) is 6.16. The number of carbonyl (C=O) groups is 2. The van der Waals surface area contributed by atoms with Gasteiger partial charge in [0.05, 0.1) is 12.2 Å². The van der Waals surface area contributed by atoms with Crippen molar-refractivity contribution in [3.05, 3.63) is 71.8 Å². The lowest BCUT2D eigenvalue weighted by Gasteiger charge is -2.24. The van der Waals surface area contributed by atoms with E-state index in [0.717, 1.165) is 0 Å². The molecule has 1 N–H and O–H groups in total. The normalized spacial score (nSPS) is 10.9. The van der Waals surface area contributed by atoms with Crippen LogP contribution in [0.5, 0.6) is 0 Å². The molecule has 23 heavy (non-hydrogen) atoms. The van der Waals surface area contributed by atoms with Gasteiger partial charge in [0.25, 0.3) is 5.91 Å². The van der Waals surface area contributed by atoms with E-state index in [2.05, 4.69) is 5.32 Å². The van der Waals surface area contributed by atoms with Gasteiger partial charge in [-0.1, -0.05) is 50.2 Å². The topological polar surface area (TPSA) is 55.4 Å². The van der Waals surface area contributed by atoms with Gasteiger partial charge in [-0.2, -0.15) is 0 Å². The van der Waals surface area contributed by atoms with Gasteiger partial charge in [0.15, 0.2) is 0 Å².